The second kappa shape index (κ2) is 8.56. The van der Waals surface area contributed by atoms with Crippen LogP contribution in [0.4, 0.5) is 15.2 Å². The van der Waals surface area contributed by atoms with Crippen molar-refractivity contribution in [2.75, 3.05) is 19.0 Å². The van der Waals surface area contributed by atoms with E-state index in [1.165, 1.54) is 30.6 Å². The molecular weight excluding hydrogens is 427 g/mol. The molecule has 10 heteroatoms. The summed E-state index contributed by atoms with van der Waals surface area (Å²) in [6, 6.07) is 13.7. The van der Waals surface area contributed by atoms with Crippen molar-refractivity contribution in [1.82, 2.24) is 15.5 Å². The molecule has 152 valence electrons. The van der Waals surface area contributed by atoms with Gasteiger partial charge in [0.25, 0.3) is 0 Å². The highest BCUT2D eigenvalue weighted by Crippen LogP contribution is 2.29. The fourth-order valence-corrected chi connectivity index (χ4v) is 3.71. The number of hydrogen-bond donors (Lipinski definition) is 2. The number of benzene rings is 2. The highest BCUT2D eigenvalue weighted by Gasteiger charge is 2.12. The molecule has 2 aromatic heterocycles. The molecule has 0 amide bonds. The average Bonchev–Trinajstić information content (AvgIpc) is 3.39. The van der Waals surface area contributed by atoms with E-state index in [1.807, 2.05) is 24.3 Å². The van der Waals surface area contributed by atoms with Gasteiger partial charge >= 0.3 is 5.97 Å². The molecule has 0 saturated heterocycles. The van der Waals surface area contributed by atoms with Crippen LogP contribution in [0.3, 0.4) is 0 Å². The monoisotopic (exact) mass is 442 g/mol. The van der Waals surface area contributed by atoms with E-state index in [9.17, 15) is 9.18 Å². The molecule has 7 nitrogen and oxygen atoms in total. The maximum absolute atomic E-state index is 13.3. The zero-order valence-corrected chi connectivity index (χ0v) is 17.3. The highest BCUT2D eigenvalue weighted by atomic mass is 32.1. The minimum Gasteiger partial charge on any atom is -0.468 e. The van der Waals surface area contributed by atoms with Crippen molar-refractivity contribution in [2.24, 2.45) is 0 Å². The first-order valence-corrected chi connectivity index (χ1v) is 9.99. The molecule has 2 aromatic carbocycles. The van der Waals surface area contributed by atoms with Gasteiger partial charge in [-0.3, -0.25) is 4.79 Å². The Morgan fingerprint density at radius 1 is 1.23 bits per heavy atom. The predicted molar refractivity (Wildman–Crippen MR) is 117 cm³/mol. The number of nitrogens with one attached hydrogen (secondary N) is 2. The van der Waals surface area contributed by atoms with E-state index in [0.717, 1.165) is 21.5 Å². The molecule has 2 heterocycles. The SMILES string of the molecule is COC(=O)CNC(=S)c1cc(-c2ccc(Nc3nc4ccc(F)cc4s3)cc2)no1. The quantitative estimate of drug-likeness (QED) is 0.338. The summed E-state index contributed by atoms with van der Waals surface area (Å²) in [5.41, 5.74) is 3.01. The minimum absolute atomic E-state index is 0.0514. The lowest BCUT2D eigenvalue weighted by molar-refractivity contribution is -0.139. The molecule has 0 aliphatic carbocycles. The first kappa shape index (κ1) is 19.9. The van der Waals surface area contributed by atoms with Gasteiger partial charge in [0.15, 0.2) is 10.9 Å². The number of thiazole rings is 1. The largest absolute Gasteiger partial charge is 0.468 e. The lowest BCUT2D eigenvalue weighted by atomic mass is 10.1. The van der Waals surface area contributed by atoms with Crippen LogP contribution in [-0.4, -0.2) is 34.8 Å². The van der Waals surface area contributed by atoms with Gasteiger partial charge in [0.1, 0.15) is 23.0 Å². The molecule has 0 saturated carbocycles. The van der Waals surface area contributed by atoms with Crippen molar-refractivity contribution >= 4 is 55.5 Å². The van der Waals surface area contributed by atoms with Gasteiger partial charge in [-0.1, -0.05) is 40.8 Å². The van der Waals surface area contributed by atoms with Crippen LogP contribution in [0.15, 0.2) is 53.1 Å². The summed E-state index contributed by atoms with van der Waals surface area (Å²) >= 11 is 6.57. The second-order valence-electron chi connectivity index (χ2n) is 6.17. The number of rotatable bonds is 6. The normalized spacial score (nSPS) is 10.7. The van der Waals surface area contributed by atoms with Gasteiger partial charge in [0, 0.05) is 17.3 Å². The maximum atomic E-state index is 13.3. The second-order valence-corrected chi connectivity index (χ2v) is 7.61. The first-order chi connectivity index (χ1) is 14.5. The molecule has 0 bridgehead atoms. The van der Waals surface area contributed by atoms with Crippen LogP contribution >= 0.6 is 23.6 Å². The zero-order chi connectivity index (χ0) is 21.1. The number of carbonyl (C=O) groups excluding carboxylic acids is 1. The lowest BCUT2D eigenvalue weighted by Gasteiger charge is -2.03. The summed E-state index contributed by atoms with van der Waals surface area (Å²) in [7, 11) is 1.30. The summed E-state index contributed by atoms with van der Waals surface area (Å²) in [6.45, 7) is -0.0514. The Labute approximate surface area is 179 Å². The number of anilines is 2. The van der Waals surface area contributed by atoms with E-state index in [0.29, 0.717) is 16.6 Å². The summed E-state index contributed by atoms with van der Waals surface area (Å²) in [6.07, 6.45) is 0. The van der Waals surface area contributed by atoms with Crippen molar-refractivity contribution in [3.63, 3.8) is 0 Å². The topological polar surface area (TPSA) is 89.3 Å². The van der Waals surface area contributed by atoms with Crippen molar-refractivity contribution in [1.29, 1.82) is 0 Å². The van der Waals surface area contributed by atoms with E-state index in [2.05, 4.69) is 25.5 Å². The number of fused-ring (bicyclic) bond motifs is 1. The van der Waals surface area contributed by atoms with Gasteiger partial charge in [0.2, 0.25) is 0 Å². The lowest BCUT2D eigenvalue weighted by Crippen LogP contribution is -2.29. The Morgan fingerprint density at radius 2 is 2.03 bits per heavy atom. The van der Waals surface area contributed by atoms with Crippen LogP contribution in [-0.2, 0) is 9.53 Å². The number of nitrogens with zero attached hydrogens (tertiary/aromatic N) is 2. The van der Waals surface area contributed by atoms with Crippen molar-refractivity contribution in [2.45, 2.75) is 0 Å². The standard InChI is InChI=1S/C20H15FN4O3S2/c1-27-18(26)10-22-19(29)16-9-15(25-28-16)11-2-5-13(6-3-11)23-20-24-14-7-4-12(21)8-17(14)30-20/h2-9H,10H2,1H3,(H,22,29)(H,23,24). The Morgan fingerprint density at radius 3 is 2.80 bits per heavy atom. The number of halogens is 1. The van der Waals surface area contributed by atoms with Gasteiger partial charge in [-0.05, 0) is 30.3 Å². The number of hydrogen-bond acceptors (Lipinski definition) is 8. The molecule has 0 aliphatic rings. The Kier molecular flexibility index (Phi) is 5.68. The summed E-state index contributed by atoms with van der Waals surface area (Å²) in [5.74, 6) is -0.361. The molecule has 4 aromatic rings. The van der Waals surface area contributed by atoms with Gasteiger partial charge in [-0.25, -0.2) is 9.37 Å². The van der Waals surface area contributed by atoms with Crippen LogP contribution in [0.5, 0.6) is 0 Å². The number of ether oxygens (including phenoxy) is 1. The highest BCUT2D eigenvalue weighted by molar-refractivity contribution is 7.80. The number of methoxy groups -OCH3 is 1. The molecule has 0 atom stereocenters. The van der Waals surface area contributed by atoms with E-state index in [4.69, 9.17) is 16.7 Å². The fourth-order valence-electron chi connectivity index (χ4n) is 2.63. The third-order valence-corrected chi connectivity index (χ3v) is 5.42. The number of carbonyl (C=O) groups is 1. The molecule has 0 unspecified atom stereocenters. The Balaban J connectivity index is 1.43. The smallest absolute Gasteiger partial charge is 0.325 e. The van der Waals surface area contributed by atoms with Crippen LogP contribution < -0.4 is 10.6 Å². The van der Waals surface area contributed by atoms with Gasteiger partial charge < -0.3 is 19.9 Å². The van der Waals surface area contributed by atoms with E-state index in [1.54, 1.807) is 12.1 Å². The first-order valence-electron chi connectivity index (χ1n) is 8.77. The molecule has 30 heavy (non-hydrogen) atoms. The number of thiocarbonyl (C=S) groups is 1. The number of aromatic nitrogens is 2. The minimum atomic E-state index is -0.432. The fraction of sp³-hybridized carbons (Fsp3) is 0.100. The summed E-state index contributed by atoms with van der Waals surface area (Å²) < 4.78 is 23.9. The van der Waals surface area contributed by atoms with Gasteiger partial charge in [-0.15, -0.1) is 0 Å². The summed E-state index contributed by atoms with van der Waals surface area (Å²) in [4.78, 5) is 15.9. The van der Waals surface area contributed by atoms with E-state index in [-0.39, 0.29) is 17.4 Å². The van der Waals surface area contributed by atoms with Crippen LogP contribution in [0.25, 0.3) is 21.5 Å². The van der Waals surface area contributed by atoms with Crippen molar-refractivity contribution in [3.8, 4) is 11.3 Å². The average molecular weight is 442 g/mol. The molecule has 2 N–H and O–H groups in total. The van der Waals surface area contributed by atoms with Gasteiger partial charge in [-0.2, -0.15) is 0 Å². The molecular formula is C20H15FN4O3S2. The molecule has 0 radical (unpaired) electrons. The molecule has 0 spiro atoms. The van der Waals surface area contributed by atoms with Crippen LogP contribution in [0.2, 0.25) is 0 Å². The third kappa shape index (κ3) is 4.44. The van der Waals surface area contributed by atoms with Crippen molar-refractivity contribution < 1.29 is 18.4 Å². The van der Waals surface area contributed by atoms with Gasteiger partial charge in [0.05, 0.1) is 17.3 Å². The van der Waals surface area contributed by atoms with E-state index >= 15 is 0 Å². The Bertz CT molecular complexity index is 1220. The maximum Gasteiger partial charge on any atom is 0.325 e. The third-order valence-electron chi connectivity index (χ3n) is 4.14. The summed E-state index contributed by atoms with van der Waals surface area (Å²) in [5, 5.41) is 10.7. The molecule has 0 aliphatic heterocycles. The van der Waals surface area contributed by atoms with E-state index < -0.39 is 5.97 Å². The van der Waals surface area contributed by atoms with Crippen LogP contribution in [0.1, 0.15) is 5.76 Å². The Hall–Kier alpha value is -3.37. The zero-order valence-electron chi connectivity index (χ0n) is 15.6. The molecule has 4 rings (SSSR count). The van der Waals surface area contributed by atoms with Crippen molar-refractivity contribution in [3.05, 3.63) is 60.1 Å². The number of esters is 1. The predicted octanol–water partition coefficient (Wildman–Crippen LogP) is 4.27. The van der Waals surface area contributed by atoms with Crippen LogP contribution in [0, 0.1) is 5.82 Å². The molecule has 0 fully saturated rings.